The maximum absolute atomic E-state index is 13.1. The van der Waals surface area contributed by atoms with Gasteiger partial charge in [-0.15, -0.1) is 0 Å². The van der Waals surface area contributed by atoms with Crippen molar-refractivity contribution >= 4 is 44.4 Å². The van der Waals surface area contributed by atoms with Gasteiger partial charge in [0.2, 0.25) is 9.84 Å². The van der Waals surface area contributed by atoms with Gasteiger partial charge in [-0.3, -0.25) is 0 Å². The average Bonchev–Trinajstić information content (AvgIpc) is 2.76. The van der Waals surface area contributed by atoms with E-state index < -0.39 is 9.84 Å². The van der Waals surface area contributed by atoms with E-state index in [1.54, 1.807) is 48.5 Å². The zero-order valence-electron chi connectivity index (χ0n) is 17.0. The molecule has 0 aliphatic rings. The van der Waals surface area contributed by atoms with Crippen molar-refractivity contribution in [1.82, 2.24) is 0 Å². The fraction of sp³-hybridized carbons (Fsp3) is 0. The van der Waals surface area contributed by atoms with Crippen molar-refractivity contribution in [2.75, 3.05) is 11.5 Å². The molecule has 0 atom stereocenters. The van der Waals surface area contributed by atoms with Crippen molar-refractivity contribution in [3.05, 3.63) is 95.0 Å². The summed E-state index contributed by atoms with van der Waals surface area (Å²) in [4.78, 5) is -0.0130. The summed E-state index contributed by atoms with van der Waals surface area (Å²) in [7, 11) is -3.90. The van der Waals surface area contributed by atoms with Gasteiger partial charge in [0.25, 0.3) is 0 Å². The fourth-order valence-corrected chi connectivity index (χ4v) is 4.89. The minimum Gasteiger partial charge on any atom is -0.456 e. The lowest BCUT2D eigenvalue weighted by Gasteiger charge is -2.12. The van der Waals surface area contributed by atoms with Crippen LogP contribution in [0, 0.1) is 0 Å². The van der Waals surface area contributed by atoms with E-state index >= 15 is 0 Å². The molecule has 6 nitrogen and oxygen atoms in total. The molecule has 0 bridgehead atoms. The normalized spacial score (nSPS) is 11.2. The lowest BCUT2D eigenvalue weighted by molar-refractivity contribution is 0.482. The highest BCUT2D eigenvalue weighted by Crippen LogP contribution is 2.36. The van der Waals surface area contributed by atoms with Gasteiger partial charge in [0.1, 0.15) is 23.0 Å². The molecule has 0 aliphatic heterocycles. The van der Waals surface area contributed by atoms with Crippen molar-refractivity contribution in [1.29, 1.82) is 0 Å². The second-order valence-corrected chi connectivity index (χ2v) is 9.80. The van der Waals surface area contributed by atoms with E-state index in [0.717, 1.165) is 0 Å². The summed E-state index contributed by atoms with van der Waals surface area (Å²) in [5, 5.41) is 0.262. The Hall–Kier alpha value is -3.39. The number of hydrogen-bond acceptors (Lipinski definition) is 6. The van der Waals surface area contributed by atoms with Gasteiger partial charge in [0.15, 0.2) is 0 Å². The molecular formula is C24H18Cl2N2O4S. The second kappa shape index (κ2) is 9.23. The van der Waals surface area contributed by atoms with E-state index in [-0.39, 0.29) is 19.8 Å². The molecule has 4 aromatic rings. The monoisotopic (exact) mass is 500 g/mol. The first kappa shape index (κ1) is 22.8. The number of nitrogens with two attached hydrogens (primary N) is 2. The van der Waals surface area contributed by atoms with Crippen LogP contribution in [-0.2, 0) is 9.84 Å². The molecule has 0 unspecified atom stereocenters. The van der Waals surface area contributed by atoms with E-state index in [0.29, 0.717) is 34.4 Å². The van der Waals surface area contributed by atoms with Crippen LogP contribution in [-0.4, -0.2) is 8.42 Å². The number of sulfone groups is 1. The van der Waals surface area contributed by atoms with E-state index in [1.165, 1.54) is 36.4 Å². The Morgan fingerprint density at radius 3 is 1.39 bits per heavy atom. The van der Waals surface area contributed by atoms with Crippen molar-refractivity contribution in [3.8, 4) is 23.0 Å². The molecule has 33 heavy (non-hydrogen) atoms. The van der Waals surface area contributed by atoms with Crippen LogP contribution in [0.2, 0.25) is 10.0 Å². The Morgan fingerprint density at radius 2 is 1.03 bits per heavy atom. The molecule has 4 aromatic carbocycles. The molecule has 168 valence electrons. The summed E-state index contributed by atoms with van der Waals surface area (Å²) in [5.41, 5.74) is 12.6. The molecule has 0 saturated heterocycles. The van der Waals surface area contributed by atoms with E-state index in [9.17, 15) is 8.42 Å². The first-order valence-electron chi connectivity index (χ1n) is 9.63. The summed E-state index contributed by atoms with van der Waals surface area (Å²) in [6, 6.07) is 22.1. The van der Waals surface area contributed by atoms with Crippen LogP contribution in [0.15, 0.2) is 94.7 Å². The molecule has 0 aliphatic carbocycles. The van der Waals surface area contributed by atoms with E-state index in [2.05, 4.69) is 0 Å². The largest absolute Gasteiger partial charge is 0.456 e. The molecule has 0 saturated carbocycles. The lowest BCUT2D eigenvalue weighted by Crippen LogP contribution is -2.02. The lowest BCUT2D eigenvalue weighted by atomic mass is 10.3. The SMILES string of the molecule is Nc1cccc(Oc2ccc(S(=O)(=O)c3ccc(Oc4cccc(N)c4)c(Cl)c3)cc2Cl)c1. The van der Waals surface area contributed by atoms with Crippen LogP contribution >= 0.6 is 23.2 Å². The van der Waals surface area contributed by atoms with Crippen molar-refractivity contribution < 1.29 is 17.9 Å². The third-order valence-electron chi connectivity index (χ3n) is 4.60. The smallest absolute Gasteiger partial charge is 0.206 e. The van der Waals surface area contributed by atoms with Gasteiger partial charge in [-0.2, -0.15) is 0 Å². The Bertz CT molecular complexity index is 1340. The number of rotatable bonds is 6. The molecule has 0 spiro atoms. The van der Waals surface area contributed by atoms with Crippen LogP contribution < -0.4 is 20.9 Å². The number of benzene rings is 4. The van der Waals surface area contributed by atoms with Crippen molar-refractivity contribution in [2.24, 2.45) is 0 Å². The van der Waals surface area contributed by atoms with Crippen LogP contribution in [0.1, 0.15) is 0 Å². The Kier molecular flexibility index (Phi) is 6.37. The molecular weight excluding hydrogens is 483 g/mol. The van der Waals surface area contributed by atoms with Gasteiger partial charge in [-0.05, 0) is 60.7 Å². The van der Waals surface area contributed by atoms with Crippen LogP contribution in [0.5, 0.6) is 23.0 Å². The Labute approximate surface area is 201 Å². The van der Waals surface area contributed by atoms with Crippen molar-refractivity contribution in [3.63, 3.8) is 0 Å². The quantitative estimate of drug-likeness (QED) is 0.290. The number of nitrogen functional groups attached to an aromatic ring is 2. The van der Waals surface area contributed by atoms with Gasteiger partial charge in [0, 0.05) is 23.5 Å². The molecule has 0 radical (unpaired) electrons. The number of hydrogen-bond donors (Lipinski definition) is 2. The van der Waals surface area contributed by atoms with Gasteiger partial charge >= 0.3 is 0 Å². The predicted octanol–water partition coefficient (Wildman–Crippen LogP) is 6.58. The average molecular weight is 501 g/mol. The van der Waals surface area contributed by atoms with Gasteiger partial charge in [0.05, 0.1) is 19.8 Å². The summed E-state index contributed by atoms with van der Waals surface area (Å²) < 4.78 is 37.7. The van der Waals surface area contributed by atoms with E-state index in [1.807, 2.05) is 0 Å². The molecule has 0 amide bonds. The minimum absolute atomic E-state index is 0.00649. The minimum atomic E-state index is -3.90. The molecule has 9 heteroatoms. The third-order valence-corrected chi connectivity index (χ3v) is 6.94. The highest BCUT2D eigenvalue weighted by atomic mass is 35.5. The Morgan fingerprint density at radius 1 is 0.606 bits per heavy atom. The Balaban J connectivity index is 1.58. The fourth-order valence-electron chi connectivity index (χ4n) is 3.01. The first-order valence-corrected chi connectivity index (χ1v) is 11.9. The van der Waals surface area contributed by atoms with Gasteiger partial charge in [-0.1, -0.05) is 35.3 Å². The summed E-state index contributed by atoms with van der Waals surface area (Å²) in [6.07, 6.45) is 0. The second-order valence-electron chi connectivity index (χ2n) is 7.04. The number of halogens is 2. The summed E-state index contributed by atoms with van der Waals surface area (Å²) in [5.74, 6) is 1.56. The molecule has 0 fully saturated rings. The van der Waals surface area contributed by atoms with Crippen LogP contribution in [0.25, 0.3) is 0 Å². The van der Waals surface area contributed by atoms with E-state index in [4.69, 9.17) is 44.1 Å². The van der Waals surface area contributed by atoms with Gasteiger partial charge in [-0.25, -0.2) is 8.42 Å². The molecule has 0 heterocycles. The highest BCUT2D eigenvalue weighted by Gasteiger charge is 2.21. The molecule has 0 aromatic heterocycles. The van der Waals surface area contributed by atoms with Crippen LogP contribution in [0.4, 0.5) is 11.4 Å². The van der Waals surface area contributed by atoms with Gasteiger partial charge < -0.3 is 20.9 Å². The highest BCUT2D eigenvalue weighted by molar-refractivity contribution is 7.91. The topological polar surface area (TPSA) is 105 Å². The predicted molar refractivity (Wildman–Crippen MR) is 130 cm³/mol. The maximum atomic E-state index is 13.1. The number of anilines is 2. The molecule has 4 rings (SSSR count). The molecule has 4 N–H and O–H groups in total. The standard InChI is InChI=1S/C24H18Cl2N2O4S/c25-21-13-19(7-9-23(21)31-17-5-1-3-15(27)11-17)33(29,30)20-8-10-24(22(26)14-20)32-18-6-2-4-16(28)12-18/h1-14H,27-28H2. The third kappa shape index (κ3) is 5.17. The first-order chi connectivity index (χ1) is 15.7. The zero-order chi connectivity index (χ0) is 23.6. The summed E-state index contributed by atoms with van der Waals surface area (Å²) >= 11 is 12.6. The van der Waals surface area contributed by atoms with Crippen molar-refractivity contribution in [2.45, 2.75) is 9.79 Å². The van der Waals surface area contributed by atoms with Crippen LogP contribution in [0.3, 0.4) is 0 Å². The zero-order valence-corrected chi connectivity index (χ0v) is 19.4. The maximum Gasteiger partial charge on any atom is 0.206 e. The summed E-state index contributed by atoms with van der Waals surface area (Å²) in [6.45, 7) is 0. The number of ether oxygens (including phenoxy) is 2.